The second-order valence-electron chi connectivity index (χ2n) is 5.43. The van der Waals surface area contributed by atoms with Gasteiger partial charge in [-0.2, -0.15) is 0 Å². The largest absolute Gasteiger partial charge is 0.452 e. The van der Waals surface area contributed by atoms with Gasteiger partial charge in [0.2, 0.25) is 5.91 Å². The van der Waals surface area contributed by atoms with Crippen LogP contribution in [0.2, 0.25) is 0 Å². The fraction of sp³-hybridized carbons (Fsp3) is 0.211. The van der Waals surface area contributed by atoms with E-state index in [1.807, 2.05) is 24.5 Å². The fourth-order valence-electron chi connectivity index (χ4n) is 2.13. The monoisotopic (exact) mass is 372 g/mol. The normalized spacial score (nSPS) is 10.1. The zero-order valence-corrected chi connectivity index (χ0v) is 15.4. The van der Waals surface area contributed by atoms with E-state index in [0.717, 1.165) is 10.5 Å². The van der Waals surface area contributed by atoms with E-state index in [0.29, 0.717) is 17.8 Å². The summed E-state index contributed by atoms with van der Waals surface area (Å²) in [4.78, 5) is 35.8. The van der Waals surface area contributed by atoms with Crippen LogP contribution in [0.4, 0.5) is 5.69 Å². The first-order valence-electron chi connectivity index (χ1n) is 7.93. The molecule has 6 nitrogen and oxygen atoms in total. The van der Waals surface area contributed by atoms with Gasteiger partial charge in [0.05, 0.1) is 11.3 Å². The predicted octanol–water partition coefficient (Wildman–Crippen LogP) is 2.84. The Hall–Kier alpha value is -2.80. The number of amides is 2. The molecule has 0 spiro atoms. The summed E-state index contributed by atoms with van der Waals surface area (Å²) in [5.41, 5.74) is 1.89. The third-order valence-electron chi connectivity index (χ3n) is 3.45. The van der Waals surface area contributed by atoms with Crippen LogP contribution in [-0.4, -0.2) is 30.6 Å². The first-order valence-corrected chi connectivity index (χ1v) is 9.15. The maximum atomic E-state index is 12.0. The predicted molar refractivity (Wildman–Crippen MR) is 101 cm³/mol. The van der Waals surface area contributed by atoms with Crippen LogP contribution < -0.4 is 10.6 Å². The van der Waals surface area contributed by atoms with Crippen molar-refractivity contribution in [2.75, 3.05) is 18.2 Å². The summed E-state index contributed by atoms with van der Waals surface area (Å²) in [6.07, 6.45) is 1.92. The molecule has 0 atom stereocenters. The number of anilines is 1. The molecule has 0 unspecified atom stereocenters. The number of hydrogen-bond acceptors (Lipinski definition) is 5. The van der Waals surface area contributed by atoms with Crippen molar-refractivity contribution in [2.24, 2.45) is 0 Å². The van der Waals surface area contributed by atoms with E-state index in [2.05, 4.69) is 10.6 Å². The molecule has 0 aliphatic carbocycles. The highest BCUT2D eigenvalue weighted by Gasteiger charge is 2.11. The number of esters is 1. The Kier molecular flexibility index (Phi) is 7.23. The molecule has 0 saturated carbocycles. The Bertz CT molecular complexity index is 790. The van der Waals surface area contributed by atoms with Crippen molar-refractivity contribution in [2.45, 2.75) is 18.4 Å². The third kappa shape index (κ3) is 5.93. The van der Waals surface area contributed by atoms with Gasteiger partial charge in [0.15, 0.2) is 6.61 Å². The lowest BCUT2D eigenvalue weighted by Crippen LogP contribution is -2.21. The van der Waals surface area contributed by atoms with Crippen molar-refractivity contribution in [3.63, 3.8) is 0 Å². The smallest absolute Gasteiger partial charge is 0.338 e. The molecule has 0 aliphatic heterocycles. The Morgan fingerprint density at radius 3 is 2.38 bits per heavy atom. The first kappa shape index (κ1) is 19.5. The van der Waals surface area contributed by atoms with Crippen LogP contribution in [0.3, 0.4) is 0 Å². The van der Waals surface area contributed by atoms with Crippen molar-refractivity contribution in [1.82, 2.24) is 5.32 Å². The number of carbonyl (C=O) groups is 3. The number of rotatable bonds is 7. The molecule has 2 rings (SSSR count). The highest BCUT2D eigenvalue weighted by Crippen LogP contribution is 2.24. The van der Waals surface area contributed by atoms with Crippen LogP contribution in [-0.2, 0) is 20.9 Å². The van der Waals surface area contributed by atoms with Gasteiger partial charge in [0.1, 0.15) is 0 Å². The summed E-state index contributed by atoms with van der Waals surface area (Å²) in [5.74, 6) is -1.10. The average molecular weight is 372 g/mol. The average Bonchev–Trinajstić information content (AvgIpc) is 2.65. The van der Waals surface area contributed by atoms with Crippen molar-refractivity contribution in [3.8, 4) is 0 Å². The molecule has 0 aliphatic rings. The molecular weight excluding hydrogens is 352 g/mol. The highest BCUT2D eigenvalue weighted by molar-refractivity contribution is 7.98. The molecule has 2 amide bonds. The van der Waals surface area contributed by atoms with Crippen LogP contribution in [0.5, 0.6) is 0 Å². The fourth-order valence-corrected chi connectivity index (χ4v) is 2.69. The number of thioether (sulfide) groups is 1. The summed E-state index contributed by atoms with van der Waals surface area (Å²) in [6, 6.07) is 14.0. The van der Waals surface area contributed by atoms with Crippen molar-refractivity contribution in [3.05, 3.63) is 59.7 Å². The number of benzene rings is 2. The molecule has 7 heteroatoms. The molecule has 0 bridgehead atoms. The zero-order valence-electron chi connectivity index (χ0n) is 14.6. The van der Waals surface area contributed by atoms with E-state index in [1.54, 1.807) is 30.3 Å². The van der Waals surface area contributed by atoms with Gasteiger partial charge in [0.25, 0.3) is 5.91 Å². The lowest BCUT2D eigenvalue weighted by atomic mass is 10.1. The Morgan fingerprint density at radius 2 is 1.73 bits per heavy atom. The molecule has 26 heavy (non-hydrogen) atoms. The Morgan fingerprint density at radius 1 is 1.04 bits per heavy atom. The minimum atomic E-state index is -0.579. The van der Waals surface area contributed by atoms with E-state index < -0.39 is 11.9 Å². The van der Waals surface area contributed by atoms with Gasteiger partial charge in [-0.15, -0.1) is 11.8 Å². The summed E-state index contributed by atoms with van der Waals surface area (Å²) >= 11 is 1.52. The molecule has 136 valence electrons. The number of para-hydroxylation sites is 1. The second kappa shape index (κ2) is 9.62. The molecule has 2 N–H and O–H groups in total. The standard InChI is InChI=1S/C19H20N2O4S/c1-13(22)20-11-14-7-9-15(10-8-14)19(24)25-12-18(23)21-16-5-3-4-6-17(16)26-2/h3-10H,11-12H2,1-2H3,(H,20,22)(H,21,23). The van der Waals surface area contributed by atoms with Gasteiger partial charge in [-0.3, -0.25) is 9.59 Å². The molecule has 2 aromatic rings. The van der Waals surface area contributed by atoms with Crippen LogP contribution in [0.1, 0.15) is 22.8 Å². The number of carbonyl (C=O) groups excluding carboxylic acids is 3. The number of ether oxygens (including phenoxy) is 1. The maximum Gasteiger partial charge on any atom is 0.338 e. The lowest BCUT2D eigenvalue weighted by molar-refractivity contribution is -0.119. The number of nitrogens with one attached hydrogen (secondary N) is 2. The second-order valence-corrected chi connectivity index (χ2v) is 6.28. The third-order valence-corrected chi connectivity index (χ3v) is 4.24. The molecular formula is C19H20N2O4S. The maximum absolute atomic E-state index is 12.0. The topological polar surface area (TPSA) is 84.5 Å². The zero-order chi connectivity index (χ0) is 18.9. The van der Waals surface area contributed by atoms with Gasteiger partial charge in [-0.25, -0.2) is 4.79 Å². The van der Waals surface area contributed by atoms with Gasteiger partial charge in [-0.05, 0) is 36.1 Å². The Balaban J connectivity index is 1.85. The lowest BCUT2D eigenvalue weighted by Gasteiger charge is -2.10. The van der Waals surface area contributed by atoms with E-state index in [-0.39, 0.29) is 12.5 Å². The summed E-state index contributed by atoms with van der Waals surface area (Å²) < 4.78 is 5.05. The van der Waals surface area contributed by atoms with Gasteiger partial charge in [-0.1, -0.05) is 24.3 Å². The number of hydrogen-bond donors (Lipinski definition) is 2. The summed E-state index contributed by atoms with van der Waals surface area (Å²) in [6.45, 7) is 1.46. The van der Waals surface area contributed by atoms with Crippen LogP contribution in [0, 0.1) is 0 Å². The first-order chi connectivity index (χ1) is 12.5. The minimum Gasteiger partial charge on any atom is -0.452 e. The van der Waals surface area contributed by atoms with Gasteiger partial charge < -0.3 is 15.4 Å². The van der Waals surface area contributed by atoms with Crippen molar-refractivity contribution in [1.29, 1.82) is 0 Å². The SMILES string of the molecule is CSc1ccccc1NC(=O)COC(=O)c1ccc(CNC(C)=O)cc1. The van der Waals surface area contributed by atoms with Crippen molar-refractivity contribution < 1.29 is 19.1 Å². The van der Waals surface area contributed by atoms with Crippen LogP contribution >= 0.6 is 11.8 Å². The molecule has 0 fully saturated rings. The van der Waals surface area contributed by atoms with Crippen molar-refractivity contribution >= 4 is 35.2 Å². The molecule has 0 saturated heterocycles. The quantitative estimate of drug-likeness (QED) is 0.577. The Labute approximate surface area is 156 Å². The van der Waals surface area contributed by atoms with E-state index in [4.69, 9.17) is 4.74 Å². The van der Waals surface area contributed by atoms with E-state index in [9.17, 15) is 14.4 Å². The van der Waals surface area contributed by atoms with E-state index >= 15 is 0 Å². The highest BCUT2D eigenvalue weighted by atomic mass is 32.2. The van der Waals surface area contributed by atoms with Gasteiger partial charge >= 0.3 is 5.97 Å². The van der Waals surface area contributed by atoms with Gasteiger partial charge in [0, 0.05) is 18.4 Å². The van der Waals surface area contributed by atoms with E-state index in [1.165, 1.54) is 18.7 Å². The minimum absolute atomic E-state index is 0.123. The van der Waals surface area contributed by atoms with Crippen LogP contribution in [0.15, 0.2) is 53.4 Å². The summed E-state index contributed by atoms with van der Waals surface area (Å²) in [7, 11) is 0. The molecule has 0 aromatic heterocycles. The van der Waals surface area contributed by atoms with Crippen LogP contribution in [0.25, 0.3) is 0 Å². The summed E-state index contributed by atoms with van der Waals surface area (Å²) in [5, 5.41) is 5.40. The molecule has 2 aromatic carbocycles. The molecule has 0 radical (unpaired) electrons. The molecule has 0 heterocycles.